The normalized spacial score (nSPS) is 14.4. The van der Waals surface area contributed by atoms with Gasteiger partial charge in [-0.05, 0) is 40.9 Å². The minimum atomic E-state index is -0.833. The lowest BCUT2D eigenvalue weighted by molar-refractivity contribution is -0.123. The molecule has 0 aliphatic heterocycles. The predicted molar refractivity (Wildman–Crippen MR) is 70.3 cm³/mol. The standard InChI is InChI=1S/C13H17BrFNO/c1-3-7-13(2,16)11(17)8-9-5-4-6-10(15)12(9)14/h4-6H,3,7-8,16H2,1-2H3. The van der Waals surface area contributed by atoms with E-state index in [1.807, 2.05) is 6.92 Å². The third kappa shape index (κ3) is 3.61. The summed E-state index contributed by atoms with van der Waals surface area (Å²) in [7, 11) is 0. The van der Waals surface area contributed by atoms with Gasteiger partial charge >= 0.3 is 0 Å². The maximum absolute atomic E-state index is 13.3. The van der Waals surface area contributed by atoms with Crippen LogP contribution in [0.5, 0.6) is 0 Å². The zero-order valence-corrected chi connectivity index (χ0v) is 11.7. The largest absolute Gasteiger partial charge is 0.319 e. The van der Waals surface area contributed by atoms with Crippen LogP contribution in [0.15, 0.2) is 22.7 Å². The maximum Gasteiger partial charge on any atom is 0.156 e. The molecule has 94 valence electrons. The number of benzene rings is 1. The highest BCUT2D eigenvalue weighted by atomic mass is 79.9. The maximum atomic E-state index is 13.3. The van der Waals surface area contributed by atoms with Crippen LogP contribution in [0.1, 0.15) is 32.3 Å². The van der Waals surface area contributed by atoms with Gasteiger partial charge in [0.05, 0.1) is 10.0 Å². The molecule has 0 spiro atoms. The molecular weight excluding hydrogens is 285 g/mol. The first kappa shape index (κ1) is 14.3. The smallest absolute Gasteiger partial charge is 0.156 e. The number of hydrogen-bond acceptors (Lipinski definition) is 2. The molecule has 4 heteroatoms. The fourth-order valence-corrected chi connectivity index (χ4v) is 2.12. The van der Waals surface area contributed by atoms with Crippen LogP contribution in [0.4, 0.5) is 4.39 Å². The van der Waals surface area contributed by atoms with Crippen molar-refractivity contribution in [2.24, 2.45) is 5.73 Å². The average molecular weight is 302 g/mol. The Kier molecular flexibility index (Phi) is 4.83. The summed E-state index contributed by atoms with van der Waals surface area (Å²) in [6.07, 6.45) is 1.65. The second-order valence-corrected chi connectivity index (χ2v) is 5.27. The molecule has 1 rings (SSSR count). The SMILES string of the molecule is CCCC(C)(N)C(=O)Cc1cccc(F)c1Br. The predicted octanol–water partition coefficient (Wildman–Crippen LogP) is 3.22. The molecule has 0 amide bonds. The van der Waals surface area contributed by atoms with Crippen molar-refractivity contribution in [1.29, 1.82) is 0 Å². The van der Waals surface area contributed by atoms with Gasteiger partial charge in [0, 0.05) is 6.42 Å². The second-order valence-electron chi connectivity index (χ2n) is 4.48. The summed E-state index contributed by atoms with van der Waals surface area (Å²) in [6.45, 7) is 3.71. The van der Waals surface area contributed by atoms with E-state index in [4.69, 9.17) is 5.73 Å². The van der Waals surface area contributed by atoms with E-state index in [1.165, 1.54) is 6.07 Å². The van der Waals surface area contributed by atoms with Gasteiger partial charge in [0.1, 0.15) is 5.82 Å². The summed E-state index contributed by atoms with van der Waals surface area (Å²) in [5.41, 5.74) is 5.76. The van der Waals surface area contributed by atoms with Gasteiger partial charge in [-0.25, -0.2) is 4.39 Å². The topological polar surface area (TPSA) is 43.1 Å². The Morgan fingerprint density at radius 3 is 2.76 bits per heavy atom. The van der Waals surface area contributed by atoms with Gasteiger partial charge in [0.15, 0.2) is 5.78 Å². The Hall–Kier alpha value is -0.740. The third-order valence-electron chi connectivity index (χ3n) is 2.79. The minimum absolute atomic E-state index is 0.0642. The van der Waals surface area contributed by atoms with Gasteiger partial charge in [-0.15, -0.1) is 0 Å². The number of Topliss-reactive ketones (excluding diaryl/α,β-unsaturated/α-hetero) is 1. The number of carbonyl (C=O) groups is 1. The monoisotopic (exact) mass is 301 g/mol. The van der Waals surface area contributed by atoms with Crippen LogP contribution in [0.25, 0.3) is 0 Å². The number of rotatable bonds is 5. The van der Waals surface area contributed by atoms with Crippen LogP contribution < -0.4 is 5.73 Å². The second kappa shape index (κ2) is 5.74. The van der Waals surface area contributed by atoms with Gasteiger partial charge in [-0.1, -0.05) is 25.5 Å². The van der Waals surface area contributed by atoms with Crippen molar-refractivity contribution >= 4 is 21.7 Å². The van der Waals surface area contributed by atoms with Crippen molar-refractivity contribution in [2.45, 2.75) is 38.6 Å². The van der Waals surface area contributed by atoms with Crippen LogP contribution in [-0.4, -0.2) is 11.3 Å². The van der Waals surface area contributed by atoms with E-state index in [9.17, 15) is 9.18 Å². The summed E-state index contributed by atoms with van der Waals surface area (Å²) in [5.74, 6) is -0.421. The van der Waals surface area contributed by atoms with E-state index in [2.05, 4.69) is 15.9 Å². The van der Waals surface area contributed by atoms with Crippen molar-refractivity contribution in [3.05, 3.63) is 34.1 Å². The molecule has 1 aromatic rings. The van der Waals surface area contributed by atoms with Gasteiger partial charge < -0.3 is 5.73 Å². The van der Waals surface area contributed by atoms with E-state index >= 15 is 0 Å². The quantitative estimate of drug-likeness (QED) is 0.907. The van der Waals surface area contributed by atoms with E-state index in [0.29, 0.717) is 16.5 Å². The number of halogens is 2. The first-order valence-electron chi connectivity index (χ1n) is 5.63. The van der Waals surface area contributed by atoms with Gasteiger partial charge in [-0.2, -0.15) is 0 Å². The molecule has 1 aromatic carbocycles. The van der Waals surface area contributed by atoms with Crippen LogP contribution in [0, 0.1) is 5.82 Å². The first-order valence-corrected chi connectivity index (χ1v) is 6.43. The van der Waals surface area contributed by atoms with E-state index in [1.54, 1.807) is 19.1 Å². The lowest BCUT2D eigenvalue weighted by Crippen LogP contribution is -2.45. The van der Waals surface area contributed by atoms with Crippen molar-refractivity contribution in [3.8, 4) is 0 Å². The molecule has 2 nitrogen and oxygen atoms in total. The molecule has 0 aromatic heterocycles. The highest BCUT2D eigenvalue weighted by Gasteiger charge is 2.27. The highest BCUT2D eigenvalue weighted by molar-refractivity contribution is 9.10. The molecule has 0 fully saturated rings. The summed E-state index contributed by atoms with van der Waals surface area (Å²) in [5, 5.41) is 0. The molecular formula is C13H17BrFNO. The Balaban J connectivity index is 2.85. The molecule has 0 aliphatic carbocycles. The summed E-state index contributed by atoms with van der Waals surface area (Å²) in [6, 6.07) is 4.68. The number of hydrogen-bond donors (Lipinski definition) is 1. The lowest BCUT2D eigenvalue weighted by Gasteiger charge is -2.22. The summed E-state index contributed by atoms with van der Waals surface area (Å²) >= 11 is 3.15. The molecule has 0 aliphatic rings. The van der Waals surface area contributed by atoms with Crippen LogP contribution >= 0.6 is 15.9 Å². The zero-order chi connectivity index (χ0) is 13.1. The van der Waals surface area contributed by atoms with E-state index in [-0.39, 0.29) is 18.0 Å². The zero-order valence-electron chi connectivity index (χ0n) is 10.1. The molecule has 2 N–H and O–H groups in total. The van der Waals surface area contributed by atoms with Crippen molar-refractivity contribution in [2.75, 3.05) is 0 Å². The molecule has 17 heavy (non-hydrogen) atoms. The number of nitrogens with two attached hydrogens (primary N) is 1. The van der Waals surface area contributed by atoms with E-state index in [0.717, 1.165) is 6.42 Å². The van der Waals surface area contributed by atoms with E-state index < -0.39 is 5.54 Å². The summed E-state index contributed by atoms with van der Waals surface area (Å²) < 4.78 is 13.6. The molecule has 0 radical (unpaired) electrons. The molecule has 0 heterocycles. The van der Waals surface area contributed by atoms with Crippen LogP contribution in [0.3, 0.4) is 0 Å². The molecule has 0 saturated heterocycles. The van der Waals surface area contributed by atoms with Crippen molar-refractivity contribution in [1.82, 2.24) is 0 Å². The summed E-state index contributed by atoms with van der Waals surface area (Å²) in [4.78, 5) is 12.0. The average Bonchev–Trinajstić information content (AvgIpc) is 2.24. The minimum Gasteiger partial charge on any atom is -0.319 e. The molecule has 1 atom stereocenters. The fraction of sp³-hybridized carbons (Fsp3) is 0.462. The molecule has 0 saturated carbocycles. The molecule has 0 bridgehead atoms. The Morgan fingerprint density at radius 1 is 1.53 bits per heavy atom. The Labute approximate surface area is 110 Å². The Bertz CT molecular complexity index is 418. The number of carbonyl (C=O) groups excluding carboxylic acids is 1. The van der Waals surface area contributed by atoms with Crippen LogP contribution in [0.2, 0.25) is 0 Å². The number of ketones is 1. The lowest BCUT2D eigenvalue weighted by atomic mass is 9.88. The van der Waals surface area contributed by atoms with Crippen molar-refractivity contribution in [3.63, 3.8) is 0 Å². The van der Waals surface area contributed by atoms with Crippen molar-refractivity contribution < 1.29 is 9.18 Å². The fourth-order valence-electron chi connectivity index (χ4n) is 1.72. The highest BCUT2D eigenvalue weighted by Crippen LogP contribution is 2.23. The third-order valence-corrected chi connectivity index (χ3v) is 3.68. The van der Waals surface area contributed by atoms with Gasteiger partial charge in [0.25, 0.3) is 0 Å². The Morgan fingerprint density at radius 2 is 2.18 bits per heavy atom. The van der Waals surface area contributed by atoms with Crippen LogP contribution in [-0.2, 0) is 11.2 Å². The molecule has 1 unspecified atom stereocenters. The van der Waals surface area contributed by atoms with Gasteiger partial charge in [-0.3, -0.25) is 4.79 Å². The first-order chi connectivity index (χ1) is 7.88. The van der Waals surface area contributed by atoms with Gasteiger partial charge in [0.2, 0.25) is 0 Å².